The van der Waals surface area contributed by atoms with Gasteiger partial charge >= 0.3 is 0 Å². The van der Waals surface area contributed by atoms with Crippen molar-refractivity contribution < 1.29 is 4.79 Å². The second kappa shape index (κ2) is 5.28. The van der Waals surface area contributed by atoms with Gasteiger partial charge in [0, 0.05) is 6.42 Å². The molecule has 0 heterocycles. The summed E-state index contributed by atoms with van der Waals surface area (Å²) in [6.45, 7) is 5.89. The summed E-state index contributed by atoms with van der Waals surface area (Å²) in [4.78, 5) is 12.5. The zero-order valence-electron chi connectivity index (χ0n) is 8.14. The average Bonchev–Trinajstić information content (AvgIpc) is 2.15. The molecule has 72 valence electrons. The molecule has 0 aromatic rings. The lowest BCUT2D eigenvalue weighted by atomic mass is 9.98. The van der Waals surface area contributed by atoms with Crippen molar-refractivity contribution in [3.8, 4) is 0 Å². The quantitative estimate of drug-likeness (QED) is 0.686. The third-order valence-corrected chi connectivity index (χ3v) is 3.48. The molecule has 1 rings (SSSR count). The highest BCUT2D eigenvalue weighted by Crippen LogP contribution is 2.31. The number of allylic oxidation sites excluding steroid dienone is 3. The fraction of sp³-hybridized carbons (Fsp3) is 0.545. The lowest BCUT2D eigenvalue weighted by Crippen LogP contribution is -2.08. The van der Waals surface area contributed by atoms with Gasteiger partial charge in [-0.05, 0) is 30.6 Å². The second-order valence-corrected chi connectivity index (χ2v) is 4.29. The van der Waals surface area contributed by atoms with Crippen LogP contribution in [-0.2, 0) is 4.79 Å². The number of carbonyl (C=O) groups excluding carboxylic acids is 1. The van der Waals surface area contributed by atoms with Gasteiger partial charge in [0.05, 0.1) is 4.91 Å². The Hall–Kier alpha value is -0.500. The normalized spacial score (nSPS) is 17.8. The van der Waals surface area contributed by atoms with Crippen molar-refractivity contribution in [1.82, 2.24) is 0 Å². The van der Waals surface area contributed by atoms with Crippen LogP contribution in [0.5, 0.6) is 0 Å². The van der Waals surface area contributed by atoms with Crippen molar-refractivity contribution in [2.75, 3.05) is 5.75 Å². The summed E-state index contributed by atoms with van der Waals surface area (Å²) in [7, 11) is 0. The van der Waals surface area contributed by atoms with Crippen LogP contribution < -0.4 is 0 Å². The fourth-order valence-electron chi connectivity index (χ4n) is 1.42. The lowest BCUT2D eigenvalue weighted by molar-refractivity contribution is -0.115. The molecule has 0 unspecified atom stereocenters. The summed E-state index contributed by atoms with van der Waals surface area (Å²) < 4.78 is 0. The molecule has 13 heavy (non-hydrogen) atoms. The molecule has 0 amide bonds. The molecular weight excluding hydrogens is 180 g/mol. The van der Waals surface area contributed by atoms with Crippen molar-refractivity contribution in [3.63, 3.8) is 0 Å². The van der Waals surface area contributed by atoms with E-state index in [1.807, 2.05) is 6.08 Å². The van der Waals surface area contributed by atoms with Gasteiger partial charge in [-0.15, -0.1) is 11.8 Å². The molecule has 0 atom stereocenters. The van der Waals surface area contributed by atoms with Crippen LogP contribution in [0.4, 0.5) is 0 Å². The van der Waals surface area contributed by atoms with E-state index >= 15 is 0 Å². The minimum atomic E-state index is 0.319. The van der Waals surface area contributed by atoms with E-state index in [9.17, 15) is 4.79 Å². The number of carbonyl (C=O) groups is 1. The highest BCUT2D eigenvalue weighted by atomic mass is 32.2. The summed E-state index contributed by atoms with van der Waals surface area (Å²) >= 11 is 1.70. The fourth-order valence-corrected chi connectivity index (χ4v) is 2.46. The molecule has 0 saturated carbocycles. The summed E-state index contributed by atoms with van der Waals surface area (Å²) in [5, 5.41) is 0. The van der Waals surface area contributed by atoms with Gasteiger partial charge in [-0.25, -0.2) is 0 Å². The smallest absolute Gasteiger partial charge is 0.169 e. The maximum atomic E-state index is 11.5. The zero-order chi connectivity index (χ0) is 9.68. The molecule has 0 radical (unpaired) electrons. The van der Waals surface area contributed by atoms with Crippen LogP contribution in [0, 0.1) is 0 Å². The van der Waals surface area contributed by atoms with Crippen LogP contribution in [0.15, 0.2) is 23.1 Å². The molecule has 0 aromatic carbocycles. The molecule has 0 N–H and O–H groups in total. The Kier molecular flexibility index (Phi) is 4.29. The van der Waals surface area contributed by atoms with Crippen molar-refractivity contribution >= 4 is 17.5 Å². The Morgan fingerprint density at radius 3 is 2.92 bits per heavy atom. The Morgan fingerprint density at radius 1 is 1.54 bits per heavy atom. The van der Waals surface area contributed by atoms with Gasteiger partial charge in [-0.3, -0.25) is 4.79 Å². The summed E-state index contributed by atoms with van der Waals surface area (Å²) in [6.07, 6.45) is 5.71. The van der Waals surface area contributed by atoms with Crippen molar-refractivity contribution in [2.45, 2.75) is 32.6 Å². The molecule has 0 spiro atoms. The number of thioether (sulfide) groups is 1. The van der Waals surface area contributed by atoms with Crippen LogP contribution >= 0.6 is 11.8 Å². The Labute approximate surface area is 84.3 Å². The van der Waals surface area contributed by atoms with E-state index in [4.69, 9.17) is 0 Å². The molecule has 2 heteroatoms. The monoisotopic (exact) mass is 196 g/mol. The van der Waals surface area contributed by atoms with Gasteiger partial charge in [0.2, 0.25) is 0 Å². The van der Waals surface area contributed by atoms with Gasteiger partial charge in [-0.2, -0.15) is 0 Å². The first kappa shape index (κ1) is 10.6. The van der Waals surface area contributed by atoms with E-state index < -0.39 is 0 Å². The SMILES string of the molecule is C=CC1=C(SCCC)C(=O)CCC1. The second-order valence-electron chi connectivity index (χ2n) is 3.18. The van der Waals surface area contributed by atoms with Gasteiger partial charge in [0.25, 0.3) is 0 Å². The molecule has 0 bridgehead atoms. The van der Waals surface area contributed by atoms with Gasteiger partial charge in [0.1, 0.15) is 0 Å². The van der Waals surface area contributed by atoms with Gasteiger partial charge < -0.3 is 0 Å². The van der Waals surface area contributed by atoms with Gasteiger partial charge in [-0.1, -0.05) is 19.6 Å². The van der Waals surface area contributed by atoms with E-state index in [0.29, 0.717) is 5.78 Å². The van der Waals surface area contributed by atoms with E-state index in [-0.39, 0.29) is 0 Å². The molecule has 1 aliphatic rings. The first-order valence-corrected chi connectivity index (χ1v) is 5.79. The van der Waals surface area contributed by atoms with Crippen molar-refractivity contribution in [3.05, 3.63) is 23.1 Å². The summed E-state index contributed by atoms with van der Waals surface area (Å²) in [6, 6.07) is 0. The lowest BCUT2D eigenvalue weighted by Gasteiger charge is -2.15. The molecular formula is C11H16OS. The molecule has 0 saturated heterocycles. The van der Waals surface area contributed by atoms with Crippen molar-refractivity contribution in [2.24, 2.45) is 0 Å². The maximum absolute atomic E-state index is 11.5. The van der Waals surface area contributed by atoms with E-state index in [1.54, 1.807) is 11.8 Å². The standard InChI is InChI=1S/C11H16OS/c1-3-8-13-11-9(4-2)6-5-7-10(11)12/h4H,2-3,5-8H2,1H3. The highest BCUT2D eigenvalue weighted by Gasteiger charge is 2.18. The Bertz CT molecular complexity index is 240. The molecule has 0 fully saturated rings. The first-order valence-electron chi connectivity index (χ1n) is 4.81. The third kappa shape index (κ3) is 2.73. The molecule has 0 aliphatic heterocycles. The number of ketones is 1. The number of rotatable bonds is 4. The highest BCUT2D eigenvalue weighted by molar-refractivity contribution is 8.04. The minimum Gasteiger partial charge on any atom is -0.294 e. The van der Waals surface area contributed by atoms with E-state index in [2.05, 4.69) is 13.5 Å². The van der Waals surface area contributed by atoms with Crippen molar-refractivity contribution in [1.29, 1.82) is 0 Å². The average molecular weight is 196 g/mol. The predicted octanol–water partition coefficient (Wildman–Crippen LogP) is 3.32. The van der Waals surface area contributed by atoms with E-state index in [0.717, 1.165) is 41.9 Å². The van der Waals surface area contributed by atoms with Crippen LogP contribution in [0.3, 0.4) is 0 Å². The van der Waals surface area contributed by atoms with Crippen LogP contribution in [0.1, 0.15) is 32.6 Å². The van der Waals surface area contributed by atoms with Gasteiger partial charge in [0.15, 0.2) is 5.78 Å². The maximum Gasteiger partial charge on any atom is 0.169 e. The topological polar surface area (TPSA) is 17.1 Å². The summed E-state index contributed by atoms with van der Waals surface area (Å²) in [5.41, 5.74) is 1.16. The van der Waals surface area contributed by atoms with Crippen LogP contribution in [-0.4, -0.2) is 11.5 Å². The summed E-state index contributed by atoms with van der Waals surface area (Å²) in [5.74, 6) is 1.36. The number of hydrogen-bond donors (Lipinski definition) is 0. The number of Topliss-reactive ketones (excluding diaryl/α,β-unsaturated/α-hetero) is 1. The zero-order valence-corrected chi connectivity index (χ0v) is 8.95. The van der Waals surface area contributed by atoms with E-state index in [1.165, 1.54) is 0 Å². The molecule has 1 nitrogen and oxygen atoms in total. The molecule has 1 aliphatic carbocycles. The predicted molar refractivity (Wildman–Crippen MR) is 58.8 cm³/mol. The first-order chi connectivity index (χ1) is 6.29. The Morgan fingerprint density at radius 2 is 2.31 bits per heavy atom. The van der Waals surface area contributed by atoms with Crippen LogP contribution in [0.25, 0.3) is 0 Å². The largest absolute Gasteiger partial charge is 0.294 e. The minimum absolute atomic E-state index is 0.319. The number of hydrogen-bond acceptors (Lipinski definition) is 2. The Balaban J connectivity index is 2.75. The van der Waals surface area contributed by atoms with Crippen LogP contribution in [0.2, 0.25) is 0 Å². The third-order valence-electron chi connectivity index (χ3n) is 2.09. The molecule has 0 aromatic heterocycles.